The van der Waals surface area contributed by atoms with E-state index in [1.165, 1.54) is 9.82 Å². The number of carboxylic acids is 1. The molecule has 1 unspecified atom stereocenters. The Bertz CT molecular complexity index is 813. The molecule has 0 fully saturated rings. The van der Waals surface area contributed by atoms with Crippen LogP contribution in [-0.4, -0.2) is 30.5 Å². The van der Waals surface area contributed by atoms with Gasteiger partial charge in [-0.1, -0.05) is 18.2 Å². The Labute approximate surface area is 125 Å². The zero-order chi connectivity index (χ0) is 15.2. The van der Waals surface area contributed by atoms with E-state index >= 15 is 0 Å². The van der Waals surface area contributed by atoms with E-state index in [9.17, 15) is 13.2 Å². The molecule has 2 aromatic rings. The summed E-state index contributed by atoms with van der Waals surface area (Å²) in [5.41, 5.74) is 2.37. The number of aromatic carboxylic acids is 1. The largest absolute Gasteiger partial charge is 0.476 e. The van der Waals surface area contributed by atoms with E-state index in [4.69, 9.17) is 5.11 Å². The van der Waals surface area contributed by atoms with E-state index in [1.807, 2.05) is 12.1 Å². The lowest BCUT2D eigenvalue weighted by atomic mass is 10.1. The predicted octanol–water partition coefficient (Wildman–Crippen LogP) is 1.98. The molecule has 110 valence electrons. The standard InChI is InChI=1S/C13H12N2O4S2/c1-8-6-9-4-2-3-5-10(9)15(8)21(18,19)13-11(12(16)17)14-7-20-13/h2-5,7-8H,6H2,1H3,(H,16,17). The van der Waals surface area contributed by atoms with Gasteiger partial charge in [0.15, 0.2) is 9.90 Å². The van der Waals surface area contributed by atoms with E-state index in [1.54, 1.807) is 19.1 Å². The number of benzene rings is 1. The molecule has 1 aliphatic rings. The van der Waals surface area contributed by atoms with Crippen molar-refractivity contribution in [2.75, 3.05) is 4.31 Å². The summed E-state index contributed by atoms with van der Waals surface area (Å²) in [6.07, 6.45) is 0.608. The number of anilines is 1. The summed E-state index contributed by atoms with van der Waals surface area (Å²) in [7, 11) is -3.93. The second kappa shape index (κ2) is 4.81. The Morgan fingerprint density at radius 2 is 2.14 bits per heavy atom. The van der Waals surface area contributed by atoms with E-state index in [-0.39, 0.29) is 10.3 Å². The molecule has 0 spiro atoms. The molecule has 1 aromatic carbocycles. The minimum Gasteiger partial charge on any atom is -0.476 e. The first kappa shape index (κ1) is 14.0. The summed E-state index contributed by atoms with van der Waals surface area (Å²) in [5, 5.41) is 9.08. The van der Waals surface area contributed by atoms with E-state index in [2.05, 4.69) is 4.98 Å². The SMILES string of the molecule is CC1Cc2ccccc2N1S(=O)(=O)c1scnc1C(=O)O. The zero-order valence-electron chi connectivity index (χ0n) is 11.1. The van der Waals surface area contributed by atoms with Gasteiger partial charge in [0, 0.05) is 6.04 Å². The molecule has 6 nitrogen and oxygen atoms in total. The molecular formula is C13H12N2O4S2. The van der Waals surface area contributed by atoms with Gasteiger partial charge in [-0.2, -0.15) is 0 Å². The Balaban J connectivity index is 2.15. The summed E-state index contributed by atoms with van der Waals surface area (Å²) >= 11 is 0.827. The predicted molar refractivity (Wildman–Crippen MR) is 78.3 cm³/mol. The topological polar surface area (TPSA) is 87.6 Å². The Morgan fingerprint density at radius 1 is 1.43 bits per heavy atom. The first-order valence-corrected chi connectivity index (χ1v) is 8.54. The summed E-state index contributed by atoms with van der Waals surface area (Å²) in [4.78, 5) is 14.8. The normalized spacial score (nSPS) is 17.8. The summed E-state index contributed by atoms with van der Waals surface area (Å²) in [6, 6.07) is 6.99. The van der Waals surface area contributed by atoms with Crippen LogP contribution < -0.4 is 4.31 Å². The zero-order valence-corrected chi connectivity index (χ0v) is 12.7. The van der Waals surface area contributed by atoms with Crippen molar-refractivity contribution in [1.29, 1.82) is 0 Å². The molecule has 1 atom stereocenters. The minimum absolute atomic E-state index is 0.224. The van der Waals surface area contributed by atoms with Gasteiger partial charge in [0.1, 0.15) is 0 Å². The fourth-order valence-electron chi connectivity index (χ4n) is 2.55. The van der Waals surface area contributed by atoms with Crippen molar-refractivity contribution >= 4 is 33.0 Å². The van der Waals surface area contributed by atoms with Gasteiger partial charge < -0.3 is 5.11 Å². The van der Waals surface area contributed by atoms with Crippen LogP contribution in [0.25, 0.3) is 0 Å². The first-order chi connectivity index (χ1) is 9.93. The van der Waals surface area contributed by atoms with Crippen molar-refractivity contribution < 1.29 is 18.3 Å². The van der Waals surface area contributed by atoms with Crippen LogP contribution in [-0.2, 0) is 16.4 Å². The van der Waals surface area contributed by atoms with E-state index < -0.39 is 21.7 Å². The number of hydrogen-bond acceptors (Lipinski definition) is 5. The molecule has 2 heterocycles. The van der Waals surface area contributed by atoms with Crippen LogP contribution in [0.3, 0.4) is 0 Å². The second-order valence-corrected chi connectivity index (χ2v) is 7.64. The number of rotatable bonds is 3. The molecule has 1 aromatic heterocycles. The molecule has 0 radical (unpaired) electrons. The minimum atomic E-state index is -3.93. The lowest BCUT2D eigenvalue weighted by Crippen LogP contribution is -2.36. The molecule has 0 saturated heterocycles. The molecule has 8 heteroatoms. The number of hydrogen-bond donors (Lipinski definition) is 1. The Kier molecular flexibility index (Phi) is 3.22. The molecule has 0 aliphatic carbocycles. The summed E-state index contributed by atoms with van der Waals surface area (Å²) in [5.74, 6) is -1.34. The molecular weight excluding hydrogens is 312 g/mol. The maximum Gasteiger partial charge on any atom is 0.356 e. The second-order valence-electron chi connectivity index (χ2n) is 4.78. The summed E-state index contributed by atoms with van der Waals surface area (Å²) < 4.78 is 26.7. The number of fused-ring (bicyclic) bond motifs is 1. The third-order valence-electron chi connectivity index (χ3n) is 3.38. The number of sulfonamides is 1. The van der Waals surface area contributed by atoms with Crippen LogP contribution in [0.4, 0.5) is 5.69 Å². The number of thiazole rings is 1. The monoisotopic (exact) mass is 324 g/mol. The molecule has 21 heavy (non-hydrogen) atoms. The Hall–Kier alpha value is -1.93. The number of aromatic nitrogens is 1. The van der Waals surface area contributed by atoms with E-state index in [0.717, 1.165) is 16.9 Å². The van der Waals surface area contributed by atoms with Gasteiger partial charge >= 0.3 is 5.97 Å². The van der Waals surface area contributed by atoms with Crippen molar-refractivity contribution in [3.63, 3.8) is 0 Å². The molecule has 1 aliphatic heterocycles. The van der Waals surface area contributed by atoms with Crippen molar-refractivity contribution in [2.45, 2.75) is 23.6 Å². The molecule has 0 amide bonds. The number of carbonyl (C=O) groups is 1. The maximum absolute atomic E-state index is 12.8. The third kappa shape index (κ3) is 2.11. The molecule has 0 bridgehead atoms. The smallest absolute Gasteiger partial charge is 0.356 e. The lowest BCUT2D eigenvalue weighted by molar-refractivity contribution is 0.0687. The highest BCUT2D eigenvalue weighted by Gasteiger charge is 2.39. The lowest BCUT2D eigenvalue weighted by Gasteiger charge is -2.23. The van der Waals surface area contributed by atoms with Gasteiger partial charge in [-0.3, -0.25) is 4.31 Å². The number of para-hydroxylation sites is 1. The van der Waals surface area contributed by atoms with Gasteiger partial charge in [-0.05, 0) is 25.0 Å². The first-order valence-electron chi connectivity index (χ1n) is 6.22. The fourth-order valence-corrected chi connectivity index (χ4v) is 5.46. The van der Waals surface area contributed by atoms with Crippen LogP contribution in [0.2, 0.25) is 0 Å². The average molecular weight is 324 g/mol. The highest BCUT2D eigenvalue weighted by Crippen LogP contribution is 2.38. The highest BCUT2D eigenvalue weighted by molar-refractivity contribution is 7.94. The van der Waals surface area contributed by atoms with Crippen molar-refractivity contribution in [2.24, 2.45) is 0 Å². The average Bonchev–Trinajstić information content (AvgIpc) is 3.01. The van der Waals surface area contributed by atoms with Gasteiger partial charge in [0.2, 0.25) is 0 Å². The van der Waals surface area contributed by atoms with Crippen LogP contribution in [0.1, 0.15) is 23.0 Å². The van der Waals surface area contributed by atoms with Crippen molar-refractivity contribution in [1.82, 2.24) is 4.98 Å². The van der Waals surface area contributed by atoms with Crippen LogP contribution in [0, 0.1) is 0 Å². The van der Waals surface area contributed by atoms with Crippen molar-refractivity contribution in [3.05, 3.63) is 41.0 Å². The number of carboxylic acid groups (broad SMARTS) is 1. The molecule has 1 N–H and O–H groups in total. The third-order valence-corrected chi connectivity index (χ3v) is 6.65. The van der Waals surface area contributed by atoms with E-state index in [0.29, 0.717) is 12.1 Å². The van der Waals surface area contributed by atoms with Gasteiger partial charge in [0.05, 0.1) is 11.2 Å². The quantitative estimate of drug-likeness (QED) is 0.933. The summed E-state index contributed by atoms with van der Waals surface area (Å²) in [6.45, 7) is 1.80. The van der Waals surface area contributed by atoms with Crippen LogP contribution in [0.5, 0.6) is 0 Å². The highest BCUT2D eigenvalue weighted by atomic mass is 32.2. The van der Waals surface area contributed by atoms with Crippen LogP contribution in [0.15, 0.2) is 34.0 Å². The Morgan fingerprint density at radius 3 is 2.86 bits per heavy atom. The molecule has 0 saturated carbocycles. The fraction of sp³-hybridized carbons (Fsp3) is 0.231. The van der Waals surface area contributed by atoms with Crippen LogP contribution >= 0.6 is 11.3 Å². The maximum atomic E-state index is 12.8. The van der Waals surface area contributed by atoms with Gasteiger partial charge in [-0.15, -0.1) is 11.3 Å². The van der Waals surface area contributed by atoms with Gasteiger partial charge in [0.25, 0.3) is 10.0 Å². The number of nitrogens with zero attached hydrogens (tertiary/aromatic N) is 2. The molecule has 3 rings (SSSR count). The van der Waals surface area contributed by atoms with Gasteiger partial charge in [-0.25, -0.2) is 18.2 Å². The van der Waals surface area contributed by atoms with Crippen molar-refractivity contribution in [3.8, 4) is 0 Å².